The predicted molar refractivity (Wildman–Crippen MR) is 46.2 cm³/mol. The molecule has 2 fully saturated rings. The topological polar surface area (TPSA) is 30.5 Å². The summed E-state index contributed by atoms with van der Waals surface area (Å²) in [6, 6.07) is 0.519. The lowest BCUT2D eigenvalue weighted by Gasteiger charge is -2.49. The predicted octanol–water partition coefficient (Wildman–Crippen LogP) is 0.544. The molecule has 12 heavy (non-hydrogen) atoms. The Labute approximate surface area is 73.4 Å². The maximum absolute atomic E-state index is 5.78. The lowest BCUT2D eigenvalue weighted by Crippen LogP contribution is -2.67. The van der Waals surface area contributed by atoms with E-state index in [0.717, 1.165) is 26.4 Å². The molecule has 0 bridgehead atoms. The summed E-state index contributed by atoms with van der Waals surface area (Å²) < 4.78 is 11.0. The van der Waals surface area contributed by atoms with Crippen LogP contribution in [0.5, 0.6) is 0 Å². The zero-order valence-electron chi connectivity index (χ0n) is 7.64. The summed E-state index contributed by atoms with van der Waals surface area (Å²) in [5.74, 6) is 0. The molecule has 1 N–H and O–H groups in total. The van der Waals surface area contributed by atoms with Crippen LogP contribution in [0.2, 0.25) is 0 Å². The molecule has 2 aliphatic heterocycles. The van der Waals surface area contributed by atoms with E-state index < -0.39 is 0 Å². The van der Waals surface area contributed by atoms with Crippen molar-refractivity contribution >= 4 is 0 Å². The smallest absolute Gasteiger partial charge is 0.130 e. The monoisotopic (exact) mass is 171 g/mol. The van der Waals surface area contributed by atoms with Gasteiger partial charge in [-0.25, -0.2) is 0 Å². The van der Waals surface area contributed by atoms with Crippen LogP contribution < -0.4 is 5.32 Å². The van der Waals surface area contributed by atoms with Crippen LogP contribution in [0.15, 0.2) is 0 Å². The number of hydrogen-bond donors (Lipinski definition) is 1. The molecule has 3 heteroatoms. The summed E-state index contributed by atoms with van der Waals surface area (Å²) >= 11 is 0. The van der Waals surface area contributed by atoms with Crippen LogP contribution in [0.1, 0.15) is 19.8 Å². The first-order valence-electron chi connectivity index (χ1n) is 4.82. The fourth-order valence-electron chi connectivity index (χ4n) is 2.02. The molecular formula is C9H17NO2. The van der Waals surface area contributed by atoms with E-state index >= 15 is 0 Å². The summed E-state index contributed by atoms with van der Waals surface area (Å²) in [6.07, 6.45) is 2.41. The Bertz CT molecular complexity index is 155. The SMILES string of the molecule is CCCC1NCCOC12COC2. The second-order valence-electron chi connectivity index (χ2n) is 3.70. The van der Waals surface area contributed by atoms with Crippen LogP contribution >= 0.6 is 0 Å². The third-order valence-corrected chi connectivity index (χ3v) is 2.79. The number of ether oxygens (including phenoxy) is 2. The average molecular weight is 171 g/mol. The maximum Gasteiger partial charge on any atom is 0.130 e. The highest BCUT2D eigenvalue weighted by molar-refractivity contribution is 5.00. The highest BCUT2D eigenvalue weighted by Crippen LogP contribution is 2.30. The van der Waals surface area contributed by atoms with Gasteiger partial charge in [0.25, 0.3) is 0 Å². The molecule has 2 aliphatic rings. The zero-order valence-corrected chi connectivity index (χ0v) is 7.64. The van der Waals surface area contributed by atoms with E-state index in [1.54, 1.807) is 0 Å². The van der Waals surface area contributed by atoms with E-state index in [-0.39, 0.29) is 5.60 Å². The van der Waals surface area contributed by atoms with Gasteiger partial charge in [-0.15, -0.1) is 0 Å². The van der Waals surface area contributed by atoms with Crippen LogP contribution in [0.25, 0.3) is 0 Å². The minimum absolute atomic E-state index is 0.0360. The largest absolute Gasteiger partial charge is 0.375 e. The lowest BCUT2D eigenvalue weighted by molar-refractivity contribution is -0.238. The first kappa shape index (κ1) is 8.48. The first-order chi connectivity index (χ1) is 5.87. The van der Waals surface area contributed by atoms with Crippen LogP contribution in [-0.4, -0.2) is 38.0 Å². The maximum atomic E-state index is 5.78. The van der Waals surface area contributed by atoms with Crippen molar-refractivity contribution in [2.45, 2.75) is 31.4 Å². The molecule has 2 rings (SSSR count). The Kier molecular flexibility index (Phi) is 2.35. The van der Waals surface area contributed by atoms with Crippen molar-refractivity contribution in [3.8, 4) is 0 Å². The minimum atomic E-state index is 0.0360. The molecule has 2 heterocycles. The molecule has 0 aromatic rings. The molecule has 0 aromatic carbocycles. The van der Waals surface area contributed by atoms with Crippen LogP contribution in [0.3, 0.4) is 0 Å². The third kappa shape index (κ3) is 1.26. The molecule has 1 unspecified atom stereocenters. The van der Waals surface area contributed by atoms with E-state index in [4.69, 9.17) is 9.47 Å². The molecule has 1 spiro atoms. The number of hydrogen-bond acceptors (Lipinski definition) is 3. The van der Waals surface area contributed by atoms with Crippen molar-refractivity contribution in [3.63, 3.8) is 0 Å². The quantitative estimate of drug-likeness (QED) is 0.658. The highest BCUT2D eigenvalue weighted by atomic mass is 16.6. The fourth-order valence-corrected chi connectivity index (χ4v) is 2.02. The average Bonchev–Trinajstić information content (AvgIpc) is 2.03. The fraction of sp³-hybridized carbons (Fsp3) is 1.00. The second kappa shape index (κ2) is 3.32. The van der Waals surface area contributed by atoms with E-state index in [1.165, 1.54) is 12.8 Å². The van der Waals surface area contributed by atoms with Gasteiger partial charge in [-0.2, -0.15) is 0 Å². The number of morpholine rings is 1. The van der Waals surface area contributed by atoms with Crippen LogP contribution in [0, 0.1) is 0 Å². The molecule has 0 amide bonds. The molecule has 0 aromatic heterocycles. The summed E-state index contributed by atoms with van der Waals surface area (Å²) in [6.45, 7) is 5.61. The van der Waals surface area contributed by atoms with E-state index in [0.29, 0.717) is 6.04 Å². The summed E-state index contributed by atoms with van der Waals surface area (Å²) in [5.41, 5.74) is 0.0360. The van der Waals surface area contributed by atoms with Gasteiger partial charge in [-0.05, 0) is 6.42 Å². The van der Waals surface area contributed by atoms with Crippen molar-refractivity contribution in [2.75, 3.05) is 26.4 Å². The molecule has 3 nitrogen and oxygen atoms in total. The van der Waals surface area contributed by atoms with Crippen molar-refractivity contribution in [2.24, 2.45) is 0 Å². The van der Waals surface area contributed by atoms with Crippen molar-refractivity contribution in [1.82, 2.24) is 5.32 Å². The summed E-state index contributed by atoms with van der Waals surface area (Å²) in [5, 5.41) is 3.51. The van der Waals surface area contributed by atoms with Crippen molar-refractivity contribution < 1.29 is 9.47 Å². The Balaban J connectivity index is 1.97. The molecule has 0 radical (unpaired) electrons. The Morgan fingerprint density at radius 3 is 2.92 bits per heavy atom. The van der Waals surface area contributed by atoms with Crippen molar-refractivity contribution in [3.05, 3.63) is 0 Å². The summed E-state index contributed by atoms with van der Waals surface area (Å²) in [4.78, 5) is 0. The molecule has 70 valence electrons. The van der Waals surface area contributed by atoms with Crippen LogP contribution in [0.4, 0.5) is 0 Å². The lowest BCUT2D eigenvalue weighted by atomic mass is 9.87. The molecule has 0 saturated carbocycles. The Morgan fingerprint density at radius 2 is 2.33 bits per heavy atom. The highest BCUT2D eigenvalue weighted by Gasteiger charge is 2.47. The molecule has 1 atom stereocenters. The van der Waals surface area contributed by atoms with Gasteiger partial charge in [0.1, 0.15) is 5.60 Å². The minimum Gasteiger partial charge on any atom is -0.375 e. The molecular weight excluding hydrogens is 154 g/mol. The van der Waals surface area contributed by atoms with E-state index in [1.807, 2.05) is 0 Å². The number of nitrogens with one attached hydrogen (secondary N) is 1. The third-order valence-electron chi connectivity index (χ3n) is 2.79. The van der Waals surface area contributed by atoms with E-state index in [2.05, 4.69) is 12.2 Å². The Morgan fingerprint density at radius 1 is 1.50 bits per heavy atom. The van der Waals surface area contributed by atoms with Gasteiger partial charge in [0.05, 0.1) is 19.8 Å². The van der Waals surface area contributed by atoms with Crippen molar-refractivity contribution in [1.29, 1.82) is 0 Å². The molecule has 0 aliphatic carbocycles. The Hall–Kier alpha value is -0.120. The first-order valence-corrected chi connectivity index (χ1v) is 4.82. The van der Waals surface area contributed by atoms with E-state index in [9.17, 15) is 0 Å². The van der Waals surface area contributed by atoms with Gasteiger partial charge in [0, 0.05) is 12.6 Å². The number of rotatable bonds is 2. The zero-order chi connectivity index (χ0) is 8.44. The summed E-state index contributed by atoms with van der Waals surface area (Å²) in [7, 11) is 0. The second-order valence-corrected chi connectivity index (χ2v) is 3.70. The van der Waals surface area contributed by atoms with Gasteiger partial charge in [-0.1, -0.05) is 13.3 Å². The van der Waals surface area contributed by atoms with Gasteiger partial charge < -0.3 is 14.8 Å². The van der Waals surface area contributed by atoms with Gasteiger partial charge >= 0.3 is 0 Å². The van der Waals surface area contributed by atoms with Gasteiger partial charge in [0.2, 0.25) is 0 Å². The van der Waals surface area contributed by atoms with Gasteiger partial charge in [0.15, 0.2) is 0 Å². The van der Waals surface area contributed by atoms with Gasteiger partial charge in [-0.3, -0.25) is 0 Å². The normalized spacial score (nSPS) is 33.2. The van der Waals surface area contributed by atoms with Crippen LogP contribution in [-0.2, 0) is 9.47 Å². The standard InChI is InChI=1S/C9H17NO2/c1-2-3-8-9(6-11-7-9)12-5-4-10-8/h8,10H,2-7H2,1H3. The molecule has 2 saturated heterocycles.